The zero-order valence-electron chi connectivity index (χ0n) is 16.8. The summed E-state index contributed by atoms with van der Waals surface area (Å²) >= 11 is 0. The minimum atomic E-state index is -3.01. The summed E-state index contributed by atoms with van der Waals surface area (Å²) in [6, 6.07) is -0.290. The summed E-state index contributed by atoms with van der Waals surface area (Å²) in [5, 5.41) is 5.99. The molecule has 2 N–H and O–H groups in total. The number of nitrogens with one attached hydrogen (secondary N) is 2. The molecular formula is C18H32N4O5S. The summed E-state index contributed by atoms with van der Waals surface area (Å²) in [5.41, 5.74) is 0. The van der Waals surface area contributed by atoms with Crippen molar-refractivity contribution in [3.8, 4) is 0 Å². The van der Waals surface area contributed by atoms with E-state index in [1.165, 1.54) is 0 Å². The summed E-state index contributed by atoms with van der Waals surface area (Å²) in [5.74, 6) is 0.321. The first kappa shape index (κ1) is 22.4. The summed E-state index contributed by atoms with van der Waals surface area (Å²) in [4.78, 5) is 30.7. The maximum atomic E-state index is 12.1. The molecule has 0 saturated carbocycles. The third kappa shape index (κ3) is 6.96. The van der Waals surface area contributed by atoms with Crippen LogP contribution in [0.25, 0.3) is 0 Å². The Morgan fingerprint density at radius 1 is 1.25 bits per heavy atom. The van der Waals surface area contributed by atoms with Crippen LogP contribution in [0.5, 0.6) is 0 Å². The molecule has 2 unspecified atom stereocenters. The molecule has 0 aromatic heterocycles. The van der Waals surface area contributed by atoms with E-state index < -0.39 is 9.84 Å². The van der Waals surface area contributed by atoms with Gasteiger partial charge in [-0.25, -0.2) is 8.42 Å². The molecule has 2 heterocycles. The van der Waals surface area contributed by atoms with Crippen LogP contribution in [0.4, 0.5) is 0 Å². The number of hydrogen-bond acceptors (Lipinski definition) is 6. The van der Waals surface area contributed by atoms with Crippen LogP contribution in [-0.2, 0) is 24.2 Å². The number of carbonyl (C=O) groups excluding carboxylic acids is 2. The Kier molecular flexibility index (Phi) is 8.53. The van der Waals surface area contributed by atoms with Gasteiger partial charge in [0.15, 0.2) is 15.8 Å². The highest BCUT2D eigenvalue weighted by Gasteiger charge is 2.29. The van der Waals surface area contributed by atoms with E-state index in [1.807, 2.05) is 11.8 Å². The van der Waals surface area contributed by atoms with Crippen molar-refractivity contribution in [3.63, 3.8) is 0 Å². The molecule has 0 bridgehead atoms. The van der Waals surface area contributed by atoms with Crippen molar-refractivity contribution in [3.05, 3.63) is 0 Å². The minimum absolute atomic E-state index is 0.0215. The Morgan fingerprint density at radius 3 is 2.68 bits per heavy atom. The van der Waals surface area contributed by atoms with E-state index in [0.29, 0.717) is 38.6 Å². The van der Waals surface area contributed by atoms with Crippen LogP contribution in [0, 0.1) is 5.92 Å². The van der Waals surface area contributed by atoms with Gasteiger partial charge in [-0.1, -0.05) is 0 Å². The molecule has 2 saturated heterocycles. The number of rotatable bonds is 7. The number of nitrogens with zero attached hydrogens (tertiary/aromatic N) is 2. The first-order valence-electron chi connectivity index (χ1n) is 10.0. The average Bonchev–Trinajstić information content (AvgIpc) is 2.99. The van der Waals surface area contributed by atoms with Gasteiger partial charge < -0.3 is 20.3 Å². The number of aliphatic imine (C=N–C) groups is 1. The Morgan fingerprint density at radius 2 is 2.04 bits per heavy atom. The van der Waals surface area contributed by atoms with Crippen molar-refractivity contribution in [2.75, 3.05) is 44.3 Å². The number of hydrogen-bond donors (Lipinski definition) is 2. The second kappa shape index (κ2) is 10.6. The molecule has 2 rings (SSSR count). The van der Waals surface area contributed by atoms with Gasteiger partial charge in [0.25, 0.3) is 0 Å². The van der Waals surface area contributed by atoms with E-state index in [9.17, 15) is 18.0 Å². The largest absolute Gasteiger partial charge is 0.466 e. The molecule has 0 radical (unpaired) electrons. The van der Waals surface area contributed by atoms with E-state index in [1.54, 1.807) is 6.92 Å². The Bertz CT molecular complexity index is 679. The first-order chi connectivity index (χ1) is 13.3. The van der Waals surface area contributed by atoms with Gasteiger partial charge in [0.05, 0.1) is 30.6 Å². The van der Waals surface area contributed by atoms with E-state index in [0.717, 1.165) is 19.4 Å². The highest BCUT2D eigenvalue weighted by atomic mass is 32.2. The van der Waals surface area contributed by atoms with E-state index >= 15 is 0 Å². The number of guanidine groups is 1. The molecule has 2 fully saturated rings. The number of sulfone groups is 1. The van der Waals surface area contributed by atoms with Gasteiger partial charge >= 0.3 is 5.97 Å². The fourth-order valence-corrected chi connectivity index (χ4v) is 5.19. The molecule has 0 spiro atoms. The molecule has 0 aromatic carbocycles. The van der Waals surface area contributed by atoms with E-state index in [2.05, 4.69) is 15.6 Å². The lowest BCUT2D eigenvalue weighted by Gasteiger charge is -2.34. The third-order valence-electron chi connectivity index (χ3n) is 4.87. The second-order valence-corrected chi connectivity index (χ2v) is 9.42. The second-order valence-electron chi connectivity index (χ2n) is 7.19. The average molecular weight is 417 g/mol. The van der Waals surface area contributed by atoms with Crippen molar-refractivity contribution < 1.29 is 22.7 Å². The molecule has 10 heteroatoms. The van der Waals surface area contributed by atoms with Gasteiger partial charge in [0.2, 0.25) is 5.91 Å². The minimum Gasteiger partial charge on any atom is -0.466 e. The van der Waals surface area contributed by atoms with Crippen molar-refractivity contribution in [2.24, 2.45) is 10.9 Å². The first-order valence-corrected chi connectivity index (χ1v) is 11.9. The lowest BCUT2D eigenvalue weighted by molar-refractivity contribution is -0.149. The molecule has 2 aliphatic heterocycles. The number of esters is 1. The highest BCUT2D eigenvalue weighted by Crippen LogP contribution is 2.18. The maximum absolute atomic E-state index is 12.1. The van der Waals surface area contributed by atoms with Crippen LogP contribution in [0.3, 0.4) is 0 Å². The smallest absolute Gasteiger partial charge is 0.310 e. The van der Waals surface area contributed by atoms with Gasteiger partial charge in [0, 0.05) is 32.1 Å². The number of amides is 1. The van der Waals surface area contributed by atoms with Gasteiger partial charge in [-0.15, -0.1) is 0 Å². The van der Waals surface area contributed by atoms with Crippen molar-refractivity contribution in [1.82, 2.24) is 15.5 Å². The maximum Gasteiger partial charge on any atom is 0.310 e. The number of piperidine rings is 1. The fraction of sp³-hybridized carbons (Fsp3) is 0.833. The summed E-state index contributed by atoms with van der Waals surface area (Å²) in [6.07, 6.45) is 2.36. The normalized spacial score (nSPS) is 24.6. The van der Waals surface area contributed by atoms with Gasteiger partial charge in [-0.3, -0.25) is 14.6 Å². The molecule has 9 nitrogen and oxygen atoms in total. The monoisotopic (exact) mass is 416 g/mol. The predicted molar refractivity (Wildman–Crippen MR) is 107 cm³/mol. The van der Waals surface area contributed by atoms with Gasteiger partial charge in [0.1, 0.15) is 0 Å². The lowest BCUT2D eigenvalue weighted by atomic mass is 9.98. The number of carbonyl (C=O) groups is 2. The fourth-order valence-electron chi connectivity index (χ4n) is 3.52. The van der Waals surface area contributed by atoms with Gasteiger partial charge in [-0.2, -0.15) is 0 Å². The Labute approximate surface area is 167 Å². The molecular weight excluding hydrogens is 384 g/mol. The molecule has 0 aromatic rings. The van der Waals surface area contributed by atoms with Gasteiger partial charge in [-0.05, 0) is 33.1 Å². The number of ether oxygens (including phenoxy) is 1. The molecule has 2 atom stereocenters. The Balaban J connectivity index is 1.85. The summed E-state index contributed by atoms with van der Waals surface area (Å²) < 4.78 is 28.1. The van der Waals surface area contributed by atoms with Crippen LogP contribution in [0.2, 0.25) is 0 Å². The topological polar surface area (TPSA) is 117 Å². The van der Waals surface area contributed by atoms with Crippen LogP contribution < -0.4 is 10.6 Å². The van der Waals surface area contributed by atoms with Crippen LogP contribution in [-0.4, -0.2) is 81.5 Å². The van der Waals surface area contributed by atoms with E-state index in [4.69, 9.17) is 4.74 Å². The predicted octanol–water partition coefficient (Wildman–Crippen LogP) is -0.0796. The lowest BCUT2D eigenvalue weighted by Crippen LogP contribution is -2.48. The summed E-state index contributed by atoms with van der Waals surface area (Å²) in [7, 11) is -3.01. The SMILES string of the molecule is CCNC(=NCCC(=O)NC1CCS(=O)(=O)C1)N1CCCC(C(=O)OCC)C1. The van der Waals surface area contributed by atoms with Crippen LogP contribution in [0.1, 0.15) is 39.5 Å². The van der Waals surface area contributed by atoms with Crippen molar-refractivity contribution in [1.29, 1.82) is 0 Å². The molecule has 2 aliphatic rings. The number of likely N-dealkylation sites (tertiary alicyclic amines) is 1. The zero-order chi connectivity index (χ0) is 20.6. The third-order valence-corrected chi connectivity index (χ3v) is 6.64. The van der Waals surface area contributed by atoms with E-state index in [-0.39, 0.29) is 41.8 Å². The van der Waals surface area contributed by atoms with Crippen molar-refractivity contribution >= 4 is 27.7 Å². The Hall–Kier alpha value is -1.84. The molecule has 28 heavy (non-hydrogen) atoms. The standard InChI is InChI=1S/C18H32N4O5S/c1-3-19-18(22-10-5-6-14(12-22)17(24)27-4-2)20-9-7-16(23)21-15-8-11-28(25,26)13-15/h14-15H,3-13H2,1-2H3,(H,19,20)(H,21,23). The van der Waals surface area contributed by atoms with Crippen LogP contribution >= 0.6 is 0 Å². The molecule has 1 amide bonds. The summed E-state index contributed by atoms with van der Waals surface area (Å²) in [6.45, 7) is 6.48. The van der Waals surface area contributed by atoms with Crippen LogP contribution in [0.15, 0.2) is 4.99 Å². The van der Waals surface area contributed by atoms with Crippen molar-refractivity contribution in [2.45, 2.75) is 45.6 Å². The zero-order valence-corrected chi connectivity index (χ0v) is 17.6. The quantitative estimate of drug-likeness (QED) is 0.339. The molecule has 0 aliphatic carbocycles. The highest BCUT2D eigenvalue weighted by molar-refractivity contribution is 7.91. The molecule has 160 valence electrons.